The van der Waals surface area contributed by atoms with Gasteiger partial charge in [-0.05, 0) is 6.92 Å². The standard InChI is InChI=1S/C15H16FN5OS/c1-10-4-11(6-21(10)8-13-14(16)19-9-23-13)22-12-5-18-15-17-2-3-20(15)7-12/h2-3,5,7,9-11H,4,6,8H2,1H3/t10-,11+/m0/s1. The number of thiazole rings is 1. The first-order valence-electron chi connectivity index (χ1n) is 7.46. The molecule has 4 heterocycles. The number of imidazole rings is 1. The highest BCUT2D eigenvalue weighted by Gasteiger charge is 2.31. The lowest BCUT2D eigenvalue weighted by atomic mass is 10.2. The Morgan fingerprint density at radius 3 is 3.13 bits per heavy atom. The Morgan fingerprint density at radius 2 is 2.30 bits per heavy atom. The Bertz CT molecular complexity index is 819. The highest BCUT2D eigenvalue weighted by molar-refractivity contribution is 7.09. The lowest BCUT2D eigenvalue weighted by Crippen LogP contribution is -2.28. The monoisotopic (exact) mass is 333 g/mol. The second-order valence-electron chi connectivity index (χ2n) is 5.74. The predicted molar refractivity (Wildman–Crippen MR) is 84.0 cm³/mol. The van der Waals surface area contributed by atoms with Crippen molar-refractivity contribution < 1.29 is 9.13 Å². The minimum atomic E-state index is -0.360. The van der Waals surface area contributed by atoms with Crippen molar-refractivity contribution in [2.24, 2.45) is 0 Å². The van der Waals surface area contributed by atoms with Gasteiger partial charge < -0.3 is 4.74 Å². The normalized spacial score (nSPS) is 22.0. The van der Waals surface area contributed by atoms with Crippen LogP contribution < -0.4 is 4.74 Å². The van der Waals surface area contributed by atoms with Crippen LogP contribution in [0.4, 0.5) is 4.39 Å². The van der Waals surface area contributed by atoms with Crippen LogP contribution >= 0.6 is 11.3 Å². The Balaban J connectivity index is 1.43. The summed E-state index contributed by atoms with van der Waals surface area (Å²) >= 11 is 1.36. The van der Waals surface area contributed by atoms with Crippen LogP contribution in [0.1, 0.15) is 18.2 Å². The molecule has 0 saturated carbocycles. The van der Waals surface area contributed by atoms with Crippen molar-refractivity contribution in [1.82, 2.24) is 24.3 Å². The highest BCUT2D eigenvalue weighted by Crippen LogP contribution is 2.25. The average Bonchev–Trinajstić information content (AvgIpc) is 3.22. The molecule has 1 aliphatic rings. The molecule has 6 nitrogen and oxygen atoms in total. The summed E-state index contributed by atoms with van der Waals surface area (Å²) in [6.07, 6.45) is 8.09. The molecular weight excluding hydrogens is 317 g/mol. The van der Waals surface area contributed by atoms with Crippen LogP contribution in [0.2, 0.25) is 0 Å². The van der Waals surface area contributed by atoms with E-state index in [1.165, 1.54) is 11.3 Å². The molecule has 120 valence electrons. The lowest BCUT2D eigenvalue weighted by Gasteiger charge is -2.19. The Morgan fingerprint density at radius 1 is 1.39 bits per heavy atom. The zero-order chi connectivity index (χ0) is 15.8. The first-order valence-corrected chi connectivity index (χ1v) is 8.34. The summed E-state index contributed by atoms with van der Waals surface area (Å²) in [4.78, 5) is 14.9. The maximum Gasteiger partial charge on any atom is 0.233 e. The van der Waals surface area contributed by atoms with Crippen LogP contribution in [0.5, 0.6) is 5.75 Å². The van der Waals surface area contributed by atoms with E-state index in [4.69, 9.17) is 4.74 Å². The fourth-order valence-corrected chi connectivity index (χ4v) is 3.61. The van der Waals surface area contributed by atoms with E-state index in [-0.39, 0.29) is 12.1 Å². The van der Waals surface area contributed by atoms with Gasteiger partial charge in [0.1, 0.15) is 6.10 Å². The van der Waals surface area contributed by atoms with E-state index in [2.05, 4.69) is 26.8 Å². The van der Waals surface area contributed by atoms with Gasteiger partial charge in [-0.3, -0.25) is 9.30 Å². The first kappa shape index (κ1) is 14.5. The zero-order valence-electron chi connectivity index (χ0n) is 12.6. The van der Waals surface area contributed by atoms with Gasteiger partial charge in [-0.1, -0.05) is 0 Å². The van der Waals surface area contributed by atoms with Crippen molar-refractivity contribution in [2.45, 2.75) is 32.0 Å². The van der Waals surface area contributed by atoms with Crippen LogP contribution in [0.15, 0.2) is 30.3 Å². The van der Waals surface area contributed by atoms with Gasteiger partial charge in [-0.15, -0.1) is 11.3 Å². The third-order valence-electron chi connectivity index (χ3n) is 4.13. The molecule has 1 aliphatic heterocycles. The van der Waals surface area contributed by atoms with Crippen LogP contribution in [-0.4, -0.2) is 42.9 Å². The number of aromatic nitrogens is 4. The van der Waals surface area contributed by atoms with Crippen molar-refractivity contribution in [3.8, 4) is 5.75 Å². The molecule has 1 fully saturated rings. The minimum Gasteiger partial charge on any atom is -0.486 e. The van der Waals surface area contributed by atoms with Crippen molar-refractivity contribution in [1.29, 1.82) is 0 Å². The van der Waals surface area contributed by atoms with Crippen LogP contribution in [-0.2, 0) is 6.54 Å². The van der Waals surface area contributed by atoms with Gasteiger partial charge in [-0.2, -0.15) is 4.39 Å². The molecule has 0 radical (unpaired) electrons. The van der Waals surface area contributed by atoms with Gasteiger partial charge in [0.15, 0.2) is 5.75 Å². The molecule has 0 aromatic carbocycles. The SMILES string of the molecule is C[C@H]1C[C@@H](Oc2cnc3nccn3c2)CN1Cc1scnc1F. The topological polar surface area (TPSA) is 55.6 Å². The molecule has 0 aliphatic carbocycles. The van der Waals surface area contributed by atoms with Crippen molar-refractivity contribution in [3.63, 3.8) is 0 Å². The molecule has 0 unspecified atom stereocenters. The molecule has 3 aromatic heterocycles. The first-order chi connectivity index (χ1) is 11.2. The van der Waals surface area contributed by atoms with Crippen LogP contribution in [0.3, 0.4) is 0 Å². The van der Waals surface area contributed by atoms with Crippen molar-refractivity contribution in [3.05, 3.63) is 41.1 Å². The summed E-state index contributed by atoms with van der Waals surface area (Å²) in [5.41, 5.74) is 1.55. The molecular formula is C15H16FN5OS. The Hall–Kier alpha value is -2.06. The maximum absolute atomic E-state index is 13.5. The van der Waals surface area contributed by atoms with E-state index in [1.807, 2.05) is 16.8 Å². The fourth-order valence-electron chi connectivity index (χ4n) is 2.95. The summed E-state index contributed by atoms with van der Waals surface area (Å²) in [5, 5.41) is 0. The third-order valence-corrected chi connectivity index (χ3v) is 4.92. The minimum absolute atomic E-state index is 0.0729. The van der Waals surface area contributed by atoms with E-state index >= 15 is 0 Å². The molecule has 0 bridgehead atoms. The molecule has 8 heteroatoms. The number of likely N-dealkylation sites (tertiary alicyclic amines) is 1. The zero-order valence-corrected chi connectivity index (χ0v) is 13.4. The van der Waals surface area contributed by atoms with Crippen molar-refractivity contribution >= 4 is 17.1 Å². The van der Waals surface area contributed by atoms with Gasteiger partial charge in [0, 0.05) is 37.9 Å². The van der Waals surface area contributed by atoms with E-state index in [0.29, 0.717) is 23.2 Å². The van der Waals surface area contributed by atoms with Gasteiger partial charge >= 0.3 is 0 Å². The number of hydrogen-bond donors (Lipinski definition) is 0. The molecule has 0 amide bonds. The van der Waals surface area contributed by atoms with Gasteiger partial charge in [-0.25, -0.2) is 15.0 Å². The maximum atomic E-state index is 13.5. The third kappa shape index (κ3) is 2.91. The summed E-state index contributed by atoms with van der Waals surface area (Å²) in [6, 6.07) is 0.339. The molecule has 3 aromatic rings. The molecule has 4 rings (SSSR count). The number of hydrogen-bond acceptors (Lipinski definition) is 6. The van der Waals surface area contributed by atoms with Crippen molar-refractivity contribution in [2.75, 3.05) is 6.54 Å². The predicted octanol–water partition coefficient (Wildman–Crippen LogP) is 2.37. The second kappa shape index (κ2) is 5.86. The second-order valence-corrected chi connectivity index (χ2v) is 6.68. The van der Waals surface area contributed by atoms with Gasteiger partial charge in [0.25, 0.3) is 0 Å². The van der Waals surface area contributed by atoms with E-state index in [0.717, 1.165) is 18.7 Å². The number of nitrogens with zero attached hydrogens (tertiary/aromatic N) is 5. The molecule has 1 saturated heterocycles. The van der Waals surface area contributed by atoms with E-state index < -0.39 is 0 Å². The summed E-state index contributed by atoms with van der Waals surface area (Å²) < 4.78 is 21.4. The summed E-state index contributed by atoms with van der Waals surface area (Å²) in [7, 11) is 0. The highest BCUT2D eigenvalue weighted by atomic mass is 32.1. The largest absolute Gasteiger partial charge is 0.486 e. The van der Waals surface area contributed by atoms with Crippen LogP contribution in [0.25, 0.3) is 5.78 Å². The number of halogens is 1. The number of rotatable bonds is 4. The van der Waals surface area contributed by atoms with Crippen LogP contribution in [0, 0.1) is 5.95 Å². The lowest BCUT2D eigenvalue weighted by molar-refractivity contribution is 0.193. The molecule has 2 atom stereocenters. The smallest absolute Gasteiger partial charge is 0.233 e. The molecule has 0 spiro atoms. The molecule has 23 heavy (non-hydrogen) atoms. The van der Waals surface area contributed by atoms with Gasteiger partial charge in [0.2, 0.25) is 11.7 Å². The average molecular weight is 333 g/mol. The Kier molecular flexibility index (Phi) is 3.70. The number of ether oxygens (including phenoxy) is 1. The number of fused-ring (bicyclic) bond motifs is 1. The van der Waals surface area contributed by atoms with E-state index in [9.17, 15) is 4.39 Å². The Labute approximate surface area is 136 Å². The van der Waals surface area contributed by atoms with E-state index in [1.54, 1.807) is 17.9 Å². The van der Waals surface area contributed by atoms with Gasteiger partial charge in [0.05, 0.1) is 22.8 Å². The summed E-state index contributed by atoms with van der Waals surface area (Å²) in [6.45, 7) is 3.48. The summed E-state index contributed by atoms with van der Waals surface area (Å²) in [5.74, 6) is 1.01. The molecule has 0 N–H and O–H groups in total. The quantitative estimate of drug-likeness (QED) is 0.734. The fraction of sp³-hybridized carbons (Fsp3) is 0.400.